The van der Waals surface area contributed by atoms with Crippen molar-refractivity contribution in [2.75, 3.05) is 5.32 Å². The maximum Gasteiger partial charge on any atom is 0.171 e. The van der Waals surface area contributed by atoms with Crippen molar-refractivity contribution >= 4 is 27.4 Å². The van der Waals surface area contributed by atoms with Gasteiger partial charge in [-0.05, 0) is 39.9 Å². The van der Waals surface area contributed by atoms with Crippen molar-refractivity contribution in [2.24, 2.45) is 5.92 Å². The zero-order valence-corrected chi connectivity index (χ0v) is 15.9. The third-order valence-electron chi connectivity index (χ3n) is 5.14. The van der Waals surface area contributed by atoms with E-state index >= 15 is 0 Å². The molecule has 6 heteroatoms. The summed E-state index contributed by atoms with van der Waals surface area (Å²) in [7, 11) is 0. The summed E-state index contributed by atoms with van der Waals surface area (Å²) in [5.41, 5.74) is 3.20. The van der Waals surface area contributed by atoms with E-state index in [2.05, 4.69) is 50.4 Å². The number of nitrogens with zero attached hydrogens (tertiary/aromatic N) is 4. The highest BCUT2D eigenvalue weighted by Gasteiger charge is 2.25. The highest BCUT2D eigenvalue weighted by molar-refractivity contribution is 9.10. The number of anilines is 1. The largest absolute Gasteiger partial charge is 0.366 e. The fraction of sp³-hybridized carbons (Fsp3) is 0.421. The maximum atomic E-state index is 4.93. The van der Waals surface area contributed by atoms with E-state index in [4.69, 9.17) is 4.98 Å². The molecule has 0 bridgehead atoms. The average Bonchev–Trinajstić information content (AvgIpc) is 3.02. The number of fused-ring (bicyclic) bond motifs is 1. The minimum Gasteiger partial charge on any atom is -0.366 e. The van der Waals surface area contributed by atoms with Gasteiger partial charge < -0.3 is 5.32 Å². The molecule has 3 heterocycles. The second-order valence-electron chi connectivity index (χ2n) is 6.88. The Kier molecular flexibility index (Phi) is 4.70. The Morgan fingerprint density at radius 1 is 1.28 bits per heavy atom. The molecule has 0 amide bonds. The molecule has 4 rings (SSSR count). The first-order valence-electron chi connectivity index (χ1n) is 8.89. The molecule has 1 N–H and O–H groups in total. The summed E-state index contributed by atoms with van der Waals surface area (Å²) in [6.07, 6.45) is 10.6. The van der Waals surface area contributed by atoms with E-state index < -0.39 is 0 Å². The Morgan fingerprint density at radius 3 is 2.96 bits per heavy atom. The van der Waals surface area contributed by atoms with E-state index in [9.17, 15) is 0 Å². The molecule has 0 aromatic carbocycles. The normalized spacial score (nSPS) is 20.7. The zero-order valence-electron chi connectivity index (χ0n) is 14.3. The number of aromatic nitrogens is 4. The predicted octanol–water partition coefficient (Wildman–Crippen LogP) is 4.79. The van der Waals surface area contributed by atoms with Crippen LogP contribution in [0.2, 0.25) is 0 Å². The third kappa shape index (κ3) is 3.40. The van der Waals surface area contributed by atoms with E-state index in [0.29, 0.717) is 18.4 Å². The fourth-order valence-electron chi connectivity index (χ4n) is 3.72. The fourth-order valence-corrected chi connectivity index (χ4v) is 4.07. The summed E-state index contributed by atoms with van der Waals surface area (Å²) in [5.74, 6) is 2.18. The lowest BCUT2D eigenvalue weighted by Gasteiger charge is -2.28. The van der Waals surface area contributed by atoms with E-state index in [1.165, 1.54) is 31.4 Å². The quantitative estimate of drug-likeness (QED) is 0.684. The molecular formula is C19H22BrN5. The van der Waals surface area contributed by atoms with Gasteiger partial charge in [-0.3, -0.25) is 4.98 Å². The lowest BCUT2D eigenvalue weighted by atomic mass is 9.78. The number of halogens is 1. The van der Waals surface area contributed by atoms with Gasteiger partial charge in [0.1, 0.15) is 5.82 Å². The average molecular weight is 400 g/mol. The summed E-state index contributed by atoms with van der Waals surface area (Å²) < 4.78 is 2.81. The molecule has 2 unspecified atom stereocenters. The van der Waals surface area contributed by atoms with Crippen molar-refractivity contribution < 1.29 is 0 Å². The van der Waals surface area contributed by atoms with Crippen molar-refractivity contribution in [1.29, 1.82) is 0 Å². The van der Waals surface area contributed by atoms with Crippen LogP contribution in [0.5, 0.6) is 0 Å². The first-order chi connectivity index (χ1) is 12.2. The minimum absolute atomic E-state index is 0.527. The summed E-state index contributed by atoms with van der Waals surface area (Å²) in [6.45, 7) is 3.06. The Bertz CT molecular complexity index is 861. The van der Waals surface area contributed by atoms with Crippen LogP contribution in [0, 0.1) is 5.92 Å². The van der Waals surface area contributed by atoms with Gasteiger partial charge in [0.25, 0.3) is 0 Å². The number of hydrogen-bond acceptors (Lipinski definition) is 4. The molecule has 3 aromatic heterocycles. The molecule has 1 saturated carbocycles. The molecule has 2 atom stereocenters. The van der Waals surface area contributed by atoms with Crippen LogP contribution in [0.4, 0.5) is 5.82 Å². The zero-order chi connectivity index (χ0) is 17.2. The molecule has 130 valence electrons. The molecule has 25 heavy (non-hydrogen) atoms. The van der Waals surface area contributed by atoms with E-state index in [1.807, 2.05) is 23.0 Å². The Labute approximate surface area is 156 Å². The van der Waals surface area contributed by atoms with E-state index in [1.54, 1.807) is 6.20 Å². The van der Waals surface area contributed by atoms with Gasteiger partial charge in [0, 0.05) is 36.6 Å². The van der Waals surface area contributed by atoms with Crippen LogP contribution in [-0.2, 0) is 6.54 Å². The molecule has 0 saturated heterocycles. The molecular weight excluding hydrogens is 378 g/mol. The molecule has 5 nitrogen and oxygen atoms in total. The van der Waals surface area contributed by atoms with Gasteiger partial charge in [-0.1, -0.05) is 32.3 Å². The lowest BCUT2D eigenvalue weighted by Crippen LogP contribution is -2.17. The van der Waals surface area contributed by atoms with Crippen LogP contribution in [0.25, 0.3) is 5.65 Å². The maximum absolute atomic E-state index is 4.93. The second kappa shape index (κ2) is 7.12. The van der Waals surface area contributed by atoms with Gasteiger partial charge >= 0.3 is 0 Å². The standard InChI is InChI=1S/C19H22BrN5/c1-13-5-2-3-7-15(13)17-9-18(22-11-14-6-4-8-21-10-14)25-19(24-17)16(20)12-23-25/h4,6,8-10,12-13,15,22H,2-3,5,7,11H2,1H3. The summed E-state index contributed by atoms with van der Waals surface area (Å²) in [5, 5.41) is 7.98. The van der Waals surface area contributed by atoms with Crippen LogP contribution in [0.3, 0.4) is 0 Å². The van der Waals surface area contributed by atoms with Gasteiger partial charge in [-0.25, -0.2) is 4.98 Å². The summed E-state index contributed by atoms with van der Waals surface area (Å²) >= 11 is 3.59. The van der Waals surface area contributed by atoms with Crippen molar-refractivity contribution in [3.05, 3.63) is 52.5 Å². The molecule has 0 radical (unpaired) electrons. The van der Waals surface area contributed by atoms with E-state index in [0.717, 1.165) is 21.5 Å². The van der Waals surface area contributed by atoms with Crippen molar-refractivity contribution in [3.8, 4) is 0 Å². The van der Waals surface area contributed by atoms with Gasteiger partial charge in [0.15, 0.2) is 5.65 Å². The van der Waals surface area contributed by atoms with Gasteiger partial charge in [-0.2, -0.15) is 9.61 Å². The van der Waals surface area contributed by atoms with Crippen LogP contribution in [0.15, 0.2) is 41.3 Å². The Hall–Kier alpha value is -1.95. The van der Waals surface area contributed by atoms with Crippen molar-refractivity contribution in [3.63, 3.8) is 0 Å². The highest BCUT2D eigenvalue weighted by atomic mass is 79.9. The van der Waals surface area contributed by atoms with Gasteiger partial charge in [0.05, 0.1) is 10.7 Å². The molecule has 1 aliphatic carbocycles. The van der Waals surface area contributed by atoms with Crippen molar-refractivity contribution in [2.45, 2.75) is 45.1 Å². The van der Waals surface area contributed by atoms with Gasteiger partial charge in [0.2, 0.25) is 0 Å². The van der Waals surface area contributed by atoms with Gasteiger partial charge in [-0.15, -0.1) is 0 Å². The van der Waals surface area contributed by atoms with Crippen LogP contribution in [0.1, 0.15) is 49.8 Å². The molecule has 1 aliphatic rings. The van der Waals surface area contributed by atoms with Crippen molar-refractivity contribution in [1.82, 2.24) is 19.6 Å². The highest BCUT2D eigenvalue weighted by Crippen LogP contribution is 2.38. The number of hydrogen-bond donors (Lipinski definition) is 1. The van der Waals surface area contributed by atoms with Crippen LogP contribution < -0.4 is 5.32 Å². The number of pyridine rings is 1. The molecule has 0 spiro atoms. The second-order valence-corrected chi connectivity index (χ2v) is 7.73. The SMILES string of the molecule is CC1CCCCC1c1cc(NCc2cccnc2)n2ncc(Br)c2n1. The molecule has 1 fully saturated rings. The Balaban J connectivity index is 1.69. The Morgan fingerprint density at radius 2 is 2.16 bits per heavy atom. The monoisotopic (exact) mass is 399 g/mol. The summed E-state index contributed by atoms with van der Waals surface area (Å²) in [4.78, 5) is 9.11. The third-order valence-corrected chi connectivity index (χ3v) is 5.70. The topological polar surface area (TPSA) is 55.1 Å². The molecule has 3 aromatic rings. The predicted molar refractivity (Wildman–Crippen MR) is 103 cm³/mol. The number of nitrogens with one attached hydrogen (secondary N) is 1. The minimum atomic E-state index is 0.527. The lowest BCUT2D eigenvalue weighted by molar-refractivity contribution is 0.325. The van der Waals surface area contributed by atoms with E-state index in [-0.39, 0.29) is 0 Å². The first kappa shape index (κ1) is 16.5. The summed E-state index contributed by atoms with van der Waals surface area (Å²) in [6, 6.07) is 6.20. The van der Waals surface area contributed by atoms with Crippen LogP contribution >= 0.6 is 15.9 Å². The van der Waals surface area contributed by atoms with Crippen LogP contribution in [-0.4, -0.2) is 19.6 Å². The molecule has 0 aliphatic heterocycles. The first-order valence-corrected chi connectivity index (χ1v) is 9.68. The number of rotatable bonds is 4. The smallest absolute Gasteiger partial charge is 0.171 e.